The SMILES string of the molecule is CCCCc1ccc2cccc(C(N3NC(=O)CC3(C)C)C(F)(F)F)c2c1. The van der Waals surface area contributed by atoms with Crippen molar-refractivity contribution in [3.05, 3.63) is 47.5 Å². The number of unbranched alkanes of at least 4 members (excludes halogenated alkanes) is 1. The van der Waals surface area contributed by atoms with E-state index >= 15 is 0 Å². The molecule has 1 unspecified atom stereocenters. The van der Waals surface area contributed by atoms with Gasteiger partial charge in [-0.3, -0.25) is 10.2 Å². The number of rotatable bonds is 5. The number of hydrogen-bond donors (Lipinski definition) is 1. The lowest BCUT2D eigenvalue weighted by molar-refractivity contribution is -0.203. The fourth-order valence-electron chi connectivity index (χ4n) is 3.80. The summed E-state index contributed by atoms with van der Waals surface area (Å²) in [6.07, 6.45) is -1.64. The molecule has 146 valence electrons. The van der Waals surface area contributed by atoms with Gasteiger partial charge in [0, 0.05) is 12.0 Å². The van der Waals surface area contributed by atoms with Crippen LogP contribution >= 0.6 is 0 Å². The second-order valence-corrected chi connectivity index (χ2v) is 7.84. The first kappa shape index (κ1) is 19.7. The highest BCUT2D eigenvalue weighted by Crippen LogP contribution is 2.44. The van der Waals surface area contributed by atoms with Gasteiger partial charge in [-0.25, -0.2) is 0 Å². The molecule has 0 spiro atoms. The lowest BCUT2D eigenvalue weighted by Gasteiger charge is -2.38. The van der Waals surface area contributed by atoms with Crippen molar-refractivity contribution in [1.29, 1.82) is 0 Å². The number of fused-ring (bicyclic) bond motifs is 1. The van der Waals surface area contributed by atoms with E-state index in [0.29, 0.717) is 5.39 Å². The second kappa shape index (κ2) is 7.15. The molecule has 0 bridgehead atoms. The van der Waals surface area contributed by atoms with Crippen molar-refractivity contribution >= 4 is 16.7 Å². The molecule has 3 rings (SSSR count). The van der Waals surface area contributed by atoms with E-state index in [1.807, 2.05) is 24.3 Å². The molecular formula is C21H25F3N2O. The fourth-order valence-corrected chi connectivity index (χ4v) is 3.80. The first-order valence-corrected chi connectivity index (χ1v) is 9.30. The number of benzene rings is 2. The molecule has 0 aliphatic carbocycles. The van der Waals surface area contributed by atoms with Crippen LogP contribution in [0.15, 0.2) is 36.4 Å². The molecule has 1 amide bonds. The molecule has 0 aromatic heterocycles. The van der Waals surface area contributed by atoms with E-state index in [1.54, 1.807) is 19.9 Å². The van der Waals surface area contributed by atoms with Crippen LogP contribution in [0.3, 0.4) is 0 Å². The summed E-state index contributed by atoms with van der Waals surface area (Å²) in [7, 11) is 0. The molecule has 1 saturated heterocycles. The van der Waals surface area contributed by atoms with Crippen molar-refractivity contribution in [2.75, 3.05) is 0 Å². The predicted molar refractivity (Wildman–Crippen MR) is 100 cm³/mol. The second-order valence-electron chi connectivity index (χ2n) is 7.84. The molecule has 0 radical (unpaired) electrons. The van der Waals surface area contributed by atoms with Crippen LogP contribution in [0.25, 0.3) is 10.8 Å². The number of amides is 1. The van der Waals surface area contributed by atoms with Crippen LogP contribution in [0.4, 0.5) is 13.2 Å². The van der Waals surface area contributed by atoms with Crippen molar-refractivity contribution in [1.82, 2.24) is 10.4 Å². The Morgan fingerprint density at radius 1 is 1.22 bits per heavy atom. The van der Waals surface area contributed by atoms with E-state index in [9.17, 15) is 18.0 Å². The molecule has 6 heteroatoms. The summed E-state index contributed by atoms with van der Waals surface area (Å²) in [5.41, 5.74) is 2.71. The van der Waals surface area contributed by atoms with Gasteiger partial charge in [0.25, 0.3) is 0 Å². The highest BCUT2D eigenvalue weighted by molar-refractivity contribution is 5.87. The number of halogens is 3. The quantitative estimate of drug-likeness (QED) is 0.766. The zero-order chi connectivity index (χ0) is 19.8. The van der Waals surface area contributed by atoms with Gasteiger partial charge in [-0.15, -0.1) is 0 Å². The molecule has 2 aromatic rings. The van der Waals surface area contributed by atoms with E-state index < -0.39 is 23.7 Å². The summed E-state index contributed by atoms with van der Waals surface area (Å²) in [6, 6.07) is 8.81. The number of nitrogens with zero attached hydrogens (tertiary/aromatic N) is 1. The van der Waals surface area contributed by atoms with Crippen LogP contribution < -0.4 is 5.43 Å². The minimum absolute atomic E-state index is 0.0338. The van der Waals surface area contributed by atoms with Gasteiger partial charge in [-0.05, 0) is 48.6 Å². The van der Waals surface area contributed by atoms with Crippen LogP contribution in [0.1, 0.15) is 57.2 Å². The van der Waals surface area contributed by atoms with Crippen LogP contribution in [0, 0.1) is 0 Å². The van der Waals surface area contributed by atoms with E-state index in [4.69, 9.17) is 0 Å². The number of carbonyl (C=O) groups is 1. The number of hydrogen-bond acceptors (Lipinski definition) is 2. The first-order valence-electron chi connectivity index (χ1n) is 9.30. The molecule has 2 aromatic carbocycles. The maximum atomic E-state index is 14.2. The lowest BCUT2D eigenvalue weighted by Crippen LogP contribution is -2.51. The Labute approximate surface area is 157 Å². The Balaban J connectivity index is 2.14. The highest BCUT2D eigenvalue weighted by atomic mass is 19.4. The largest absolute Gasteiger partial charge is 0.409 e. The lowest BCUT2D eigenvalue weighted by atomic mass is 9.92. The summed E-state index contributed by atoms with van der Waals surface area (Å²) in [5, 5.41) is 2.43. The molecule has 27 heavy (non-hydrogen) atoms. The van der Waals surface area contributed by atoms with Gasteiger partial charge in [0.2, 0.25) is 5.91 Å². The van der Waals surface area contributed by atoms with Gasteiger partial charge < -0.3 is 0 Å². The minimum Gasteiger partial charge on any atom is -0.287 e. The highest BCUT2D eigenvalue weighted by Gasteiger charge is 2.53. The Morgan fingerprint density at radius 2 is 1.96 bits per heavy atom. The van der Waals surface area contributed by atoms with Crippen LogP contribution in [0.2, 0.25) is 0 Å². The maximum Gasteiger partial charge on any atom is 0.409 e. The topological polar surface area (TPSA) is 32.3 Å². The summed E-state index contributed by atoms with van der Waals surface area (Å²) in [6.45, 7) is 5.40. The van der Waals surface area contributed by atoms with E-state index in [0.717, 1.165) is 35.2 Å². The van der Waals surface area contributed by atoms with E-state index in [2.05, 4.69) is 12.3 Å². The van der Waals surface area contributed by atoms with Crippen molar-refractivity contribution in [3.8, 4) is 0 Å². The van der Waals surface area contributed by atoms with Crippen molar-refractivity contribution < 1.29 is 18.0 Å². The molecule has 1 heterocycles. The predicted octanol–water partition coefficient (Wildman–Crippen LogP) is 5.30. The molecule has 1 atom stereocenters. The number of nitrogens with one attached hydrogen (secondary N) is 1. The van der Waals surface area contributed by atoms with Gasteiger partial charge >= 0.3 is 6.18 Å². The maximum absolute atomic E-state index is 14.2. The molecule has 0 saturated carbocycles. The van der Waals surface area contributed by atoms with Crippen molar-refractivity contribution in [3.63, 3.8) is 0 Å². The van der Waals surface area contributed by atoms with Gasteiger partial charge in [0.15, 0.2) is 6.04 Å². The number of carbonyl (C=O) groups excluding carboxylic acids is 1. The van der Waals surface area contributed by atoms with Gasteiger partial charge in [0.1, 0.15) is 0 Å². The average Bonchev–Trinajstić information content (AvgIpc) is 2.84. The molecule has 3 nitrogen and oxygen atoms in total. The fraction of sp³-hybridized carbons (Fsp3) is 0.476. The summed E-state index contributed by atoms with van der Waals surface area (Å²) >= 11 is 0. The number of alkyl halides is 3. The standard InChI is InChI=1S/C21H25F3N2O/c1-4-5-7-14-10-11-15-8-6-9-16(17(15)12-14)19(21(22,23)24)26-20(2,3)13-18(27)25-26/h6,8-12,19H,4-5,7,13H2,1-3H3,(H,25,27). The van der Waals surface area contributed by atoms with Crippen LogP contribution in [0.5, 0.6) is 0 Å². The molecule has 1 aliphatic rings. The molecule has 1 fully saturated rings. The third-order valence-electron chi connectivity index (χ3n) is 5.15. The molecule has 1 aliphatic heterocycles. The Hall–Kier alpha value is -2.08. The normalized spacial score (nSPS) is 18.7. The minimum atomic E-state index is -4.53. The summed E-state index contributed by atoms with van der Waals surface area (Å²) < 4.78 is 42.5. The van der Waals surface area contributed by atoms with Crippen molar-refractivity contribution in [2.24, 2.45) is 0 Å². The third-order valence-corrected chi connectivity index (χ3v) is 5.15. The molecule has 1 N–H and O–H groups in total. The van der Waals surface area contributed by atoms with Crippen molar-refractivity contribution in [2.45, 2.75) is 64.2 Å². The van der Waals surface area contributed by atoms with Gasteiger partial charge in [-0.2, -0.15) is 18.2 Å². The zero-order valence-corrected chi connectivity index (χ0v) is 15.9. The Kier molecular flexibility index (Phi) is 5.21. The number of hydrazine groups is 1. The zero-order valence-electron chi connectivity index (χ0n) is 15.9. The third kappa shape index (κ3) is 3.95. The summed E-state index contributed by atoms with van der Waals surface area (Å²) in [4.78, 5) is 11.8. The molecular weight excluding hydrogens is 353 g/mol. The number of aryl methyl sites for hydroxylation is 1. The first-order chi connectivity index (χ1) is 12.6. The smallest absolute Gasteiger partial charge is 0.287 e. The summed E-state index contributed by atoms with van der Waals surface area (Å²) in [5.74, 6) is -0.391. The average molecular weight is 378 g/mol. The van der Waals surface area contributed by atoms with Crippen LogP contribution in [-0.2, 0) is 11.2 Å². The monoisotopic (exact) mass is 378 g/mol. The Bertz CT molecular complexity index is 845. The van der Waals surface area contributed by atoms with E-state index in [1.165, 1.54) is 6.07 Å². The van der Waals surface area contributed by atoms with E-state index in [-0.39, 0.29) is 12.0 Å². The van der Waals surface area contributed by atoms with Gasteiger partial charge in [0.05, 0.1) is 0 Å². The Morgan fingerprint density at radius 3 is 2.56 bits per heavy atom. The van der Waals surface area contributed by atoms with Crippen LogP contribution in [-0.4, -0.2) is 22.6 Å². The van der Waals surface area contributed by atoms with Gasteiger partial charge in [-0.1, -0.05) is 49.7 Å².